The number of ether oxygens (including phenoxy) is 4. The molecule has 4 aliphatic rings. The first kappa shape index (κ1) is 48.2. The van der Waals surface area contributed by atoms with Crippen molar-refractivity contribution in [1.29, 1.82) is 0 Å². The zero-order valence-corrected chi connectivity index (χ0v) is 41.0. The Labute approximate surface area is 412 Å². The minimum absolute atomic E-state index is 0.0133. The Morgan fingerprint density at radius 1 is 0.928 bits per heavy atom. The number of likely N-dealkylation sites (N-methyl/N-ethyl adjacent to an activating group) is 1. The zero-order chi connectivity index (χ0) is 48.6. The summed E-state index contributed by atoms with van der Waals surface area (Å²) in [6.07, 6.45) is 2.27. The number of carboxylic acid groups (broad SMARTS) is 2. The van der Waals surface area contributed by atoms with Crippen LogP contribution in [0.3, 0.4) is 0 Å². The number of carboxylic acids is 2. The summed E-state index contributed by atoms with van der Waals surface area (Å²) in [5.74, 6) is -0.807. The van der Waals surface area contributed by atoms with Crippen molar-refractivity contribution >= 4 is 62.6 Å². The molecule has 3 aromatic carbocycles. The number of piperazine rings is 1. The molecule has 0 spiro atoms. The summed E-state index contributed by atoms with van der Waals surface area (Å²) >= 11 is 16.0. The van der Waals surface area contributed by atoms with Gasteiger partial charge in [-0.05, 0) is 97.8 Å². The van der Waals surface area contributed by atoms with Gasteiger partial charge in [0.15, 0.2) is 5.75 Å². The molecule has 4 bridgehead atoms. The van der Waals surface area contributed by atoms with E-state index in [4.69, 9.17) is 47.1 Å². The highest BCUT2D eigenvalue weighted by atomic mass is 35.5. The molecule has 7 heterocycles. The molecule has 10 rings (SSSR count). The van der Waals surface area contributed by atoms with Crippen molar-refractivity contribution in [2.75, 3.05) is 64.4 Å². The van der Waals surface area contributed by atoms with E-state index in [1.54, 1.807) is 42.6 Å². The second-order valence-electron chi connectivity index (χ2n) is 18.3. The molecule has 4 aliphatic heterocycles. The lowest BCUT2D eigenvalue weighted by molar-refractivity contribution is -0.145. The molecule has 0 unspecified atom stereocenters. The van der Waals surface area contributed by atoms with Crippen molar-refractivity contribution < 1.29 is 43.1 Å². The summed E-state index contributed by atoms with van der Waals surface area (Å²) in [4.78, 5) is 51.2. The molecule has 69 heavy (non-hydrogen) atoms. The van der Waals surface area contributed by atoms with Crippen LogP contribution in [0.5, 0.6) is 23.1 Å². The lowest BCUT2D eigenvalue weighted by atomic mass is 9.78. The van der Waals surface area contributed by atoms with E-state index in [1.807, 2.05) is 25.7 Å². The van der Waals surface area contributed by atoms with Crippen molar-refractivity contribution in [1.82, 2.24) is 29.7 Å². The van der Waals surface area contributed by atoms with Crippen molar-refractivity contribution in [2.45, 2.75) is 65.3 Å². The van der Waals surface area contributed by atoms with E-state index in [1.165, 1.54) is 29.8 Å². The van der Waals surface area contributed by atoms with E-state index >= 15 is 0 Å². The SMILES string of the molecule is Cc1c(Cl)c2c(Cl)c(C)c1-c1c(-c3ccc(F)cc3)sc3ncnc(c13)O[C@@H](C(=O)O)Cc1cc(ccc1OCc1ccnc(N3CCC(C)(CC(=O)O)CC3)n1)OC[C@@H](CN1CCN(C)CC1)O2. The van der Waals surface area contributed by atoms with Crippen LogP contribution >= 0.6 is 34.5 Å². The topological polar surface area (TPSA) is 173 Å². The molecule has 0 radical (unpaired) electrons. The van der Waals surface area contributed by atoms with Gasteiger partial charge in [0.1, 0.15) is 47.8 Å². The summed E-state index contributed by atoms with van der Waals surface area (Å²) in [7, 11) is 2.10. The van der Waals surface area contributed by atoms with E-state index in [0.717, 1.165) is 26.2 Å². The van der Waals surface area contributed by atoms with Gasteiger partial charge in [0.05, 0.1) is 27.5 Å². The fourth-order valence-corrected chi connectivity index (χ4v) is 10.9. The van der Waals surface area contributed by atoms with Crippen LogP contribution in [0.2, 0.25) is 10.0 Å². The van der Waals surface area contributed by atoms with Gasteiger partial charge in [-0.15, -0.1) is 11.3 Å². The van der Waals surface area contributed by atoms with E-state index in [-0.39, 0.29) is 47.4 Å². The number of aliphatic carboxylic acids is 2. The predicted octanol–water partition coefficient (Wildman–Crippen LogP) is 9.00. The minimum atomic E-state index is -1.49. The number of anilines is 1. The van der Waals surface area contributed by atoms with Gasteiger partial charge in [-0.2, -0.15) is 0 Å². The number of benzene rings is 3. The third-order valence-electron chi connectivity index (χ3n) is 13.3. The van der Waals surface area contributed by atoms with Crippen molar-refractivity contribution in [3.8, 4) is 44.7 Å². The first-order valence-corrected chi connectivity index (χ1v) is 24.4. The van der Waals surface area contributed by atoms with Crippen molar-refractivity contribution in [3.63, 3.8) is 0 Å². The molecule has 2 saturated heterocycles. The van der Waals surface area contributed by atoms with E-state index in [0.29, 0.717) is 110 Å². The monoisotopic (exact) mass is 999 g/mol. The van der Waals surface area contributed by atoms with Crippen molar-refractivity contribution in [2.24, 2.45) is 5.41 Å². The fourth-order valence-electron chi connectivity index (χ4n) is 9.27. The highest BCUT2D eigenvalue weighted by Crippen LogP contribution is 2.53. The number of fused-ring (bicyclic) bond motifs is 7. The lowest BCUT2D eigenvalue weighted by Crippen LogP contribution is -2.49. The molecular formula is C50H52Cl2FN7O8S. The summed E-state index contributed by atoms with van der Waals surface area (Å²) < 4.78 is 40.7. The molecule has 0 aliphatic carbocycles. The molecular weight excluding hydrogens is 949 g/mol. The lowest BCUT2D eigenvalue weighted by Gasteiger charge is -2.38. The third kappa shape index (κ3) is 10.5. The summed E-state index contributed by atoms with van der Waals surface area (Å²) in [6, 6.07) is 13.1. The zero-order valence-electron chi connectivity index (χ0n) is 38.6. The average molecular weight is 1000 g/mol. The highest BCUT2D eigenvalue weighted by molar-refractivity contribution is 7.22. The Hall–Kier alpha value is -5.85. The van der Waals surface area contributed by atoms with Crippen molar-refractivity contribution in [3.05, 3.63) is 99.3 Å². The molecule has 362 valence electrons. The fraction of sp³-hybridized carbons (Fsp3) is 0.400. The van der Waals surface area contributed by atoms with Gasteiger partial charge in [-0.3, -0.25) is 9.69 Å². The first-order chi connectivity index (χ1) is 33.1. The molecule has 2 atom stereocenters. The van der Waals surface area contributed by atoms with Crippen LogP contribution in [0.1, 0.15) is 48.6 Å². The number of piperidine rings is 1. The second-order valence-corrected chi connectivity index (χ2v) is 20.1. The Morgan fingerprint density at radius 3 is 2.35 bits per heavy atom. The van der Waals surface area contributed by atoms with Gasteiger partial charge >= 0.3 is 11.9 Å². The van der Waals surface area contributed by atoms with Crippen LogP contribution < -0.4 is 23.8 Å². The molecule has 2 fully saturated rings. The van der Waals surface area contributed by atoms with E-state index < -0.39 is 30.0 Å². The third-order valence-corrected chi connectivity index (χ3v) is 15.3. The quantitative estimate of drug-likeness (QED) is 0.133. The average Bonchev–Trinajstić information content (AvgIpc) is 3.71. The number of rotatable bonds is 10. The summed E-state index contributed by atoms with van der Waals surface area (Å²) in [6.45, 7) is 11.0. The first-order valence-electron chi connectivity index (χ1n) is 22.8. The van der Waals surface area contributed by atoms with Gasteiger partial charge in [-0.1, -0.05) is 42.3 Å². The normalized spacial score (nSPS) is 18.8. The molecule has 0 amide bonds. The maximum absolute atomic E-state index is 14.4. The van der Waals surface area contributed by atoms with E-state index in [2.05, 4.69) is 31.8 Å². The predicted molar refractivity (Wildman–Crippen MR) is 262 cm³/mol. The largest absolute Gasteiger partial charge is 0.490 e. The number of halogens is 3. The Bertz CT molecular complexity index is 2860. The van der Waals surface area contributed by atoms with Gasteiger partial charge in [0, 0.05) is 74.4 Å². The van der Waals surface area contributed by atoms with Gasteiger partial charge in [0.2, 0.25) is 17.9 Å². The second kappa shape index (κ2) is 20.2. The molecule has 0 saturated carbocycles. The van der Waals surface area contributed by atoms with Crippen LogP contribution in [0, 0.1) is 25.1 Å². The standard InChI is InChI=1S/C50H52Cl2FN7O8S/c1-28-39-29(2)43(52)44(42(28)51)67-35(24-59-19-17-58(4)18-20-59)26-65-34-9-10-36(66-25-33-11-14-54-49(57-33)60-15-12-50(3,13-16-60)23-38(61)62)31(21-34)22-37(48(63)64)68-46-41-40(39)45(69-47(41)56-27-55-46)30-5-7-32(53)8-6-30/h5-11,14,21,27,35,37H,12-13,15-20,22-26H2,1-4H3,(H,61,62)(H,63,64)/t35-,37-/m1/s1. The van der Waals surface area contributed by atoms with E-state index in [9.17, 15) is 24.2 Å². The number of hydrogen-bond acceptors (Lipinski definition) is 14. The smallest absolute Gasteiger partial charge is 0.345 e. The Kier molecular flexibility index (Phi) is 14.1. The number of thiophene rings is 1. The number of hydrogen-bond donors (Lipinski definition) is 2. The van der Waals surface area contributed by atoms with Gasteiger partial charge < -0.3 is 39.0 Å². The Balaban J connectivity index is 1.11. The maximum Gasteiger partial charge on any atom is 0.345 e. The molecule has 6 aromatic rings. The number of aromatic nitrogens is 4. The van der Waals surface area contributed by atoms with Gasteiger partial charge in [0.25, 0.3) is 0 Å². The molecule has 19 heteroatoms. The molecule has 3 aromatic heterocycles. The highest BCUT2D eigenvalue weighted by Gasteiger charge is 2.34. The Morgan fingerprint density at radius 2 is 1.65 bits per heavy atom. The van der Waals surface area contributed by atoms with Crippen LogP contribution in [-0.4, -0.2) is 124 Å². The summed E-state index contributed by atoms with van der Waals surface area (Å²) in [5.41, 5.74) is 3.99. The maximum atomic E-state index is 14.4. The van der Waals surface area contributed by atoms with Crippen LogP contribution in [-0.2, 0) is 22.6 Å². The summed E-state index contributed by atoms with van der Waals surface area (Å²) in [5, 5.41) is 21.3. The molecule has 15 nitrogen and oxygen atoms in total. The van der Waals surface area contributed by atoms with Crippen LogP contribution in [0.25, 0.3) is 31.8 Å². The number of carbonyl (C=O) groups is 2. The van der Waals surface area contributed by atoms with Gasteiger partial charge in [-0.25, -0.2) is 29.1 Å². The van der Waals surface area contributed by atoms with Crippen LogP contribution in [0.15, 0.2) is 61.1 Å². The molecule has 2 N–H and O–H groups in total. The number of nitrogens with zero attached hydrogens (tertiary/aromatic N) is 7. The van der Waals surface area contributed by atoms with Crippen LogP contribution in [0.4, 0.5) is 10.3 Å². The minimum Gasteiger partial charge on any atom is -0.490 e.